The summed E-state index contributed by atoms with van der Waals surface area (Å²) in [6.45, 7) is 4.75. The van der Waals surface area contributed by atoms with Crippen LogP contribution >= 0.6 is 7.82 Å². The quantitative estimate of drug-likeness (QED) is 0.0361. The number of hydrogen-bond donors (Lipinski definition) is 2. The number of aliphatic hydroxyl groups excluding tert-OH is 1. The topological polar surface area (TPSA) is 108 Å². The Morgan fingerprint density at radius 2 is 0.891 bits per heavy atom. The summed E-state index contributed by atoms with van der Waals surface area (Å²) in [6, 6.07) is -0.793. The summed E-state index contributed by atoms with van der Waals surface area (Å²) in [6.07, 6.45) is 42.4. The van der Waals surface area contributed by atoms with Crippen molar-refractivity contribution in [3.05, 3.63) is 0 Å². The van der Waals surface area contributed by atoms with Crippen LogP contribution in [-0.2, 0) is 18.4 Å². The molecule has 0 radical (unpaired) electrons. The first-order chi connectivity index (χ1) is 26.5. The third-order valence-corrected chi connectivity index (χ3v) is 12.1. The molecule has 0 bridgehead atoms. The van der Waals surface area contributed by atoms with Crippen LogP contribution in [0.1, 0.15) is 239 Å². The van der Waals surface area contributed by atoms with Crippen LogP contribution in [0.15, 0.2) is 0 Å². The maximum Gasteiger partial charge on any atom is 0.268 e. The number of unbranched alkanes of at least 4 members (excludes halogenated alkanes) is 31. The Morgan fingerprint density at radius 3 is 1.24 bits per heavy atom. The summed E-state index contributed by atoms with van der Waals surface area (Å²) in [5.74, 6) is -0.161. The Balaban J connectivity index is 4.27. The lowest BCUT2D eigenvalue weighted by atomic mass is 10.0. The van der Waals surface area contributed by atoms with E-state index < -0.39 is 20.0 Å². The van der Waals surface area contributed by atoms with Crippen LogP contribution in [0.5, 0.6) is 0 Å². The number of nitrogens with zero attached hydrogens (tertiary/aromatic N) is 1. The van der Waals surface area contributed by atoms with Gasteiger partial charge in [0, 0.05) is 6.42 Å². The number of nitrogens with one attached hydrogen (secondary N) is 1. The molecule has 0 aliphatic rings. The first-order valence-electron chi connectivity index (χ1n) is 23.9. The summed E-state index contributed by atoms with van der Waals surface area (Å²) in [4.78, 5) is 25.3. The largest absolute Gasteiger partial charge is 0.756 e. The van der Waals surface area contributed by atoms with Crippen molar-refractivity contribution in [1.29, 1.82) is 0 Å². The molecule has 0 saturated carbocycles. The van der Waals surface area contributed by atoms with E-state index in [4.69, 9.17) is 9.05 Å². The number of rotatable bonds is 44. The van der Waals surface area contributed by atoms with Crippen molar-refractivity contribution < 1.29 is 32.9 Å². The molecule has 0 aliphatic carbocycles. The van der Waals surface area contributed by atoms with Gasteiger partial charge in [-0.3, -0.25) is 9.36 Å². The van der Waals surface area contributed by atoms with E-state index >= 15 is 0 Å². The lowest BCUT2D eigenvalue weighted by Gasteiger charge is -2.30. The molecular weight excluding hydrogens is 707 g/mol. The smallest absolute Gasteiger partial charge is 0.268 e. The van der Waals surface area contributed by atoms with Gasteiger partial charge in [-0.25, -0.2) is 0 Å². The van der Waals surface area contributed by atoms with Crippen molar-refractivity contribution in [2.75, 3.05) is 40.9 Å². The molecule has 0 heterocycles. The van der Waals surface area contributed by atoms with Crippen molar-refractivity contribution in [3.63, 3.8) is 0 Å². The van der Waals surface area contributed by atoms with Gasteiger partial charge in [0.25, 0.3) is 7.82 Å². The molecule has 0 aromatic carbocycles. The van der Waals surface area contributed by atoms with Crippen LogP contribution in [-0.4, -0.2) is 68.5 Å². The van der Waals surface area contributed by atoms with Gasteiger partial charge in [0.2, 0.25) is 5.91 Å². The van der Waals surface area contributed by atoms with Crippen LogP contribution in [0.25, 0.3) is 0 Å². The van der Waals surface area contributed by atoms with Gasteiger partial charge in [-0.05, 0) is 12.8 Å². The molecule has 1 amide bonds. The fourth-order valence-corrected chi connectivity index (χ4v) is 8.00. The van der Waals surface area contributed by atoms with Crippen LogP contribution in [0.2, 0.25) is 0 Å². The monoisotopic (exact) mass is 803 g/mol. The minimum absolute atomic E-state index is 0.0162. The summed E-state index contributed by atoms with van der Waals surface area (Å²) >= 11 is 0. The van der Waals surface area contributed by atoms with Crippen LogP contribution in [0.3, 0.4) is 0 Å². The van der Waals surface area contributed by atoms with E-state index in [1.165, 1.54) is 173 Å². The standard InChI is InChI=1S/C46H95N2O6P/c1-6-8-10-12-14-16-18-20-22-23-24-25-26-27-29-31-33-35-37-39-45(49)44(43-54-55(51,52)53-42-41-48(3,4)5)47-46(50)40-38-36-34-32-30-28-21-19-17-15-13-11-9-7-2/h44-45,49H,6-43H2,1-5H3,(H-,47,50,51,52). The van der Waals surface area contributed by atoms with E-state index in [-0.39, 0.29) is 19.1 Å². The zero-order valence-electron chi connectivity index (χ0n) is 37.4. The number of carbonyl (C=O) groups excluding carboxylic acids is 1. The third kappa shape index (κ3) is 41.5. The van der Waals surface area contributed by atoms with E-state index in [0.717, 1.165) is 38.5 Å². The summed E-state index contributed by atoms with van der Waals surface area (Å²) in [7, 11) is 1.32. The van der Waals surface area contributed by atoms with Gasteiger partial charge < -0.3 is 28.8 Å². The SMILES string of the molecule is CCCCCCCCCCCCCCCCCCCCCC(O)C(COP(=O)([O-])OCC[N+](C)(C)C)NC(=O)CCCCCCCCCCCCCCCC. The molecule has 8 nitrogen and oxygen atoms in total. The Bertz CT molecular complexity index is 870. The fourth-order valence-electron chi connectivity index (χ4n) is 7.28. The molecule has 55 heavy (non-hydrogen) atoms. The molecule has 0 aromatic heterocycles. The summed E-state index contributed by atoms with van der Waals surface area (Å²) in [5, 5.41) is 13.9. The van der Waals surface area contributed by atoms with Gasteiger partial charge >= 0.3 is 0 Å². The molecule has 0 aliphatic heterocycles. The highest BCUT2D eigenvalue weighted by molar-refractivity contribution is 7.45. The normalized spacial score (nSPS) is 14.2. The molecule has 3 atom stereocenters. The van der Waals surface area contributed by atoms with E-state index in [0.29, 0.717) is 23.9 Å². The summed E-state index contributed by atoms with van der Waals surface area (Å²) in [5.41, 5.74) is 0. The van der Waals surface area contributed by atoms with Gasteiger partial charge in [0.05, 0.1) is 39.9 Å². The number of likely N-dealkylation sites (N-methyl/N-ethyl adjacent to an activating group) is 1. The average molecular weight is 803 g/mol. The predicted molar refractivity (Wildman–Crippen MR) is 233 cm³/mol. The number of phosphoric acid groups is 1. The van der Waals surface area contributed by atoms with Crippen molar-refractivity contribution in [2.24, 2.45) is 0 Å². The predicted octanol–water partition coefficient (Wildman–Crippen LogP) is 12.7. The van der Waals surface area contributed by atoms with Crippen molar-refractivity contribution in [1.82, 2.24) is 5.32 Å². The highest BCUT2D eigenvalue weighted by Gasteiger charge is 2.24. The number of hydrogen-bond acceptors (Lipinski definition) is 6. The molecule has 2 N–H and O–H groups in total. The van der Waals surface area contributed by atoms with Crippen LogP contribution in [0.4, 0.5) is 0 Å². The zero-order chi connectivity index (χ0) is 40.7. The maximum absolute atomic E-state index is 12.9. The lowest BCUT2D eigenvalue weighted by Crippen LogP contribution is -2.46. The molecule has 0 rings (SSSR count). The second-order valence-electron chi connectivity index (χ2n) is 17.8. The number of quaternary nitrogens is 1. The highest BCUT2D eigenvalue weighted by Crippen LogP contribution is 2.38. The number of amides is 1. The fraction of sp³-hybridized carbons (Fsp3) is 0.978. The van der Waals surface area contributed by atoms with Crippen molar-refractivity contribution >= 4 is 13.7 Å². The molecule has 3 unspecified atom stereocenters. The second-order valence-corrected chi connectivity index (χ2v) is 19.2. The summed E-state index contributed by atoms with van der Waals surface area (Å²) < 4.78 is 23.3. The molecule has 0 fully saturated rings. The van der Waals surface area contributed by atoms with Gasteiger partial charge in [0.15, 0.2) is 0 Å². The first kappa shape index (κ1) is 54.5. The minimum atomic E-state index is -4.56. The molecule has 0 saturated heterocycles. The number of phosphoric ester groups is 1. The Morgan fingerprint density at radius 1 is 0.564 bits per heavy atom. The molecule has 9 heteroatoms. The van der Waals surface area contributed by atoms with Crippen LogP contribution < -0.4 is 10.2 Å². The third-order valence-electron chi connectivity index (χ3n) is 11.1. The molecule has 0 spiro atoms. The Kier molecular flexibility index (Phi) is 38.6. The van der Waals surface area contributed by atoms with Crippen LogP contribution in [0, 0.1) is 0 Å². The number of carbonyl (C=O) groups is 1. The van der Waals surface area contributed by atoms with Crippen molar-refractivity contribution in [2.45, 2.75) is 251 Å². The van der Waals surface area contributed by atoms with Crippen molar-refractivity contribution in [3.8, 4) is 0 Å². The van der Waals surface area contributed by atoms with E-state index in [1.54, 1.807) is 0 Å². The highest BCUT2D eigenvalue weighted by atomic mass is 31.2. The van der Waals surface area contributed by atoms with Gasteiger partial charge in [-0.1, -0.05) is 219 Å². The molecule has 330 valence electrons. The van der Waals surface area contributed by atoms with E-state index in [9.17, 15) is 19.4 Å². The minimum Gasteiger partial charge on any atom is -0.756 e. The van der Waals surface area contributed by atoms with E-state index in [2.05, 4.69) is 19.2 Å². The first-order valence-corrected chi connectivity index (χ1v) is 25.3. The Hall–Kier alpha value is -0.500. The van der Waals surface area contributed by atoms with E-state index in [1.807, 2.05) is 21.1 Å². The Labute approximate surface area is 342 Å². The molecular formula is C46H95N2O6P. The molecule has 0 aromatic rings. The second kappa shape index (κ2) is 39.0. The average Bonchev–Trinajstić information content (AvgIpc) is 3.13. The zero-order valence-corrected chi connectivity index (χ0v) is 38.3. The number of aliphatic hydroxyl groups is 1. The van der Waals surface area contributed by atoms with Gasteiger partial charge in [-0.15, -0.1) is 0 Å². The van der Waals surface area contributed by atoms with Gasteiger partial charge in [0.1, 0.15) is 13.2 Å². The maximum atomic E-state index is 12.9. The van der Waals surface area contributed by atoms with Gasteiger partial charge in [-0.2, -0.15) is 0 Å². The lowest BCUT2D eigenvalue weighted by molar-refractivity contribution is -0.870.